The van der Waals surface area contributed by atoms with Crippen LogP contribution < -0.4 is 10.6 Å². The second-order valence-corrected chi connectivity index (χ2v) is 6.03. The first-order valence-corrected chi connectivity index (χ1v) is 7.40. The zero-order valence-electron chi connectivity index (χ0n) is 12.2. The van der Waals surface area contributed by atoms with Gasteiger partial charge < -0.3 is 15.5 Å². The number of aromatic nitrogens is 1. The molecule has 0 bridgehead atoms. The van der Waals surface area contributed by atoms with Crippen LogP contribution in [0.2, 0.25) is 0 Å². The maximum Gasteiger partial charge on any atom is 0.185 e. The summed E-state index contributed by atoms with van der Waals surface area (Å²) >= 11 is 1.74. The summed E-state index contributed by atoms with van der Waals surface area (Å²) in [7, 11) is 4.20. The second-order valence-electron chi connectivity index (χ2n) is 5.03. The van der Waals surface area contributed by atoms with Gasteiger partial charge in [-0.25, -0.2) is 4.98 Å². The Kier molecular flexibility index (Phi) is 6.05. The Morgan fingerprint density at radius 3 is 2.39 bits per heavy atom. The van der Waals surface area contributed by atoms with Crippen molar-refractivity contribution >= 4 is 16.5 Å². The van der Waals surface area contributed by atoms with Gasteiger partial charge in [0.1, 0.15) is 0 Å². The third kappa shape index (κ3) is 4.23. The minimum Gasteiger partial charge on any atom is -0.347 e. The lowest BCUT2D eigenvalue weighted by molar-refractivity contribution is 0.413. The summed E-state index contributed by atoms with van der Waals surface area (Å²) in [6.07, 6.45) is 1.14. The van der Waals surface area contributed by atoms with E-state index in [1.54, 1.807) is 11.3 Å². The first-order valence-electron chi connectivity index (χ1n) is 6.58. The fourth-order valence-electron chi connectivity index (χ4n) is 1.84. The van der Waals surface area contributed by atoms with Crippen molar-refractivity contribution in [2.24, 2.45) is 5.73 Å². The summed E-state index contributed by atoms with van der Waals surface area (Å²) in [6.45, 7) is 9.40. The Morgan fingerprint density at radius 2 is 1.94 bits per heavy atom. The van der Waals surface area contributed by atoms with Crippen LogP contribution >= 0.6 is 11.3 Å². The lowest BCUT2D eigenvalue weighted by Gasteiger charge is -2.23. The van der Waals surface area contributed by atoms with Gasteiger partial charge in [0, 0.05) is 30.6 Å². The summed E-state index contributed by atoms with van der Waals surface area (Å²) in [5.74, 6) is 0. The number of aryl methyl sites for hydroxylation is 1. The van der Waals surface area contributed by atoms with E-state index in [1.807, 2.05) is 6.92 Å². The van der Waals surface area contributed by atoms with E-state index in [0.717, 1.165) is 36.9 Å². The average Bonchev–Trinajstić information content (AvgIpc) is 2.66. The Hall–Kier alpha value is -0.650. The van der Waals surface area contributed by atoms with E-state index >= 15 is 0 Å². The number of hydrogen-bond acceptors (Lipinski definition) is 5. The highest BCUT2D eigenvalue weighted by Gasteiger charge is 2.15. The van der Waals surface area contributed by atoms with Gasteiger partial charge in [0.05, 0.1) is 5.69 Å². The largest absolute Gasteiger partial charge is 0.347 e. The first-order chi connectivity index (χ1) is 8.45. The Labute approximate surface area is 115 Å². The fraction of sp³-hybridized carbons (Fsp3) is 0.769. The minimum absolute atomic E-state index is 0.0774. The van der Waals surface area contributed by atoms with Crippen molar-refractivity contribution in [3.8, 4) is 0 Å². The van der Waals surface area contributed by atoms with Crippen LogP contribution in [0.1, 0.15) is 36.9 Å². The van der Waals surface area contributed by atoms with E-state index in [4.69, 9.17) is 5.73 Å². The van der Waals surface area contributed by atoms with Crippen LogP contribution in [-0.4, -0.2) is 43.6 Å². The molecule has 0 aromatic carbocycles. The number of thiazole rings is 1. The Bertz CT molecular complexity index is 360. The number of rotatable bonds is 7. The minimum atomic E-state index is 0.0774. The molecule has 0 saturated heterocycles. The van der Waals surface area contributed by atoms with Crippen LogP contribution in [0.15, 0.2) is 0 Å². The molecule has 5 heteroatoms. The lowest BCUT2D eigenvalue weighted by atomic mass is 10.2. The van der Waals surface area contributed by atoms with Crippen molar-refractivity contribution in [3.05, 3.63) is 10.6 Å². The molecule has 0 saturated carbocycles. The maximum atomic E-state index is 5.97. The van der Waals surface area contributed by atoms with E-state index in [1.165, 1.54) is 4.88 Å². The molecule has 4 nitrogen and oxygen atoms in total. The lowest BCUT2D eigenvalue weighted by Crippen LogP contribution is -2.32. The maximum absolute atomic E-state index is 5.97. The smallest absolute Gasteiger partial charge is 0.185 e. The van der Waals surface area contributed by atoms with Crippen molar-refractivity contribution < 1.29 is 0 Å². The summed E-state index contributed by atoms with van der Waals surface area (Å²) in [5.41, 5.74) is 7.05. The molecule has 104 valence electrons. The molecule has 0 aliphatic heterocycles. The summed E-state index contributed by atoms with van der Waals surface area (Å²) in [4.78, 5) is 10.4. The second kappa shape index (κ2) is 7.07. The number of anilines is 1. The Balaban J connectivity index is 2.81. The first kappa shape index (κ1) is 15.4. The molecule has 0 aliphatic rings. The van der Waals surface area contributed by atoms with E-state index < -0.39 is 0 Å². The van der Waals surface area contributed by atoms with E-state index in [0.29, 0.717) is 0 Å². The van der Waals surface area contributed by atoms with Gasteiger partial charge in [-0.2, -0.15) is 0 Å². The molecular weight excluding hydrogens is 244 g/mol. The molecule has 1 atom stereocenters. The van der Waals surface area contributed by atoms with Crippen LogP contribution in [0, 0.1) is 6.92 Å². The van der Waals surface area contributed by atoms with Crippen molar-refractivity contribution in [1.82, 2.24) is 9.88 Å². The van der Waals surface area contributed by atoms with Gasteiger partial charge in [-0.3, -0.25) is 0 Å². The Morgan fingerprint density at radius 1 is 1.28 bits per heavy atom. The van der Waals surface area contributed by atoms with Gasteiger partial charge in [-0.15, -0.1) is 11.3 Å². The summed E-state index contributed by atoms with van der Waals surface area (Å²) in [6, 6.07) is 0.0774. The predicted molar refractivity (Wildman–Crippen MR) is 80.5 cm³/mol. The normalized spacial score (nSPS) is 13.1. The predicted octanol–water partition coefficient (Wildman–Crippen LogP) is 2.25. The van der Waals surface area contributed by atoms with Crippen LogP contribution in [0.25, 0.3) is 0 Å². The zero-order valence-corrected chi connectivity index (χ0v) is 13.0. The standard InChI is InChI=1S/C13H26N4S/c1-6-7-17(9-8-16(4)5)13-15-11(3)12(18-13)10(2)14/h10H,6-9,14H2,1-5H3. The molecular formula is C13H26N4S. The van der Waals surface area contributed by atoms with Crippen molar-refractivity contribution in [1.29, 1.82) is 0 Å². The number of hydrogen-bond donors (Lipinski definition) is 1. The molecule has 1 aromatic rings. The monoisotopic (exact) mass is 270 g/mol. The van der Waals surface area contributed by atoms with Gasteiger partial charge in [-0.05, 0) is 34.4 Å². The molecule has 2 N–H and O–H groups in total. The third-order valence-corrected chi connectivity index (χ3v) is 4.24. The summed E-state index contributed by atoms with van der Waals surface area (Å²) < 4.78 is 0. The highest BCUT2D eigenvalue weighted by molar-refractivity contribution is 7.15. The molecule has 0 spiro atoms. The van der Waals surface area contributed by atoms with Crippen LogP contribution in [0.3, 0.4) is 0 Å². The quantitative estimate of drug-likeness (QED) is 0.825. The highest BCUT2D eigenvalue weighted by Crippen LogP contribution is 2.29. The molecule has 1 rings (SSSR count). The van der Waals surface area contributed by atoms with Gasteiger partial charge in [0.25, 0.3) is 0 Å². The van der Waals surface area contributed by atoms with Gasteiger partial charge in [0.15, 0.2) is 5.13 Å². The van der Waals surface area contributed by atoms with E-state index in [2.05, 4.69) is 42.7 Å². The van der Waals surface area contributed by atoms with Crippen molar-refractivity contribution in [2.45, 2.75) is 33.2 Å². The van der Waals surface area contributed by atoms with Crippen molar-refractivity contribution in [3.63, 3.8) is 0 Å². The molecule has 0 fully saturated rings. The highest BCUT2D eigenvalue weighted by atomic mass is 32.1. The SMILES string of the molecule is CCCN(CCN(C)C)c1nc(C)c(C(C)N)s1. The molecule has 18 heavy (non-hydrogen) atoms. The number of nitrogens with two attached hydrogens (primary N) is 1. The summed E-state index contributed by atoms with van der Waals surface area (Å²) in [5, 5.41) is 1.11. The molecule has 1 aromatic heterocycles. The van der Waals surface area contributed by atoms with Gasteiger partial charge in [-0.1, -0.05) is 6.92 Å². The van der Waals surface area contributed by atoms with Crippen LogP contribution in [0.5, 0.6) is 0 Å². The van der Waals surface area contributed by atoms with Crippen LogP contribution in [0.4, 0.5) is 5.13 Å². The fourth-order valence-corrected chi connectivity index (χ4v) is 2.92. The molecule has 0 amide bonds. The van der Waals surface area contributed by atoms with E-state index in [9.17, 15) is 0 Å². The topological polar surface area (TPSA) is 45.4 Å². The van der Waals surface area contributed by atoms with Crippen LogP contribution in [-0.2, 0) is 0 Å². The van der Waals surface area contributed by atoms with Gasteiger partial charge in [0.2, 0.25) is 0 Å². The zero-order chi connectivity index (χ0) is 13.7. The molecule has 0 radical (unpaired) electrons. The number of likely N-dealkylation sites (N-methyl/N-ethyl adjacent to an activating group) is 1. The third-order valence-electron chi connectivity index (χ3n) is 2.82. The molecule has 0 aliphatic carbocycles. The van der Waals surface area contributed by atoms with Crippen molar-refractivity contribution in [2.75, 3.05) is 38.6 Å². The number of nitrogens with zero attached hydrogens (tertiary/aromatic N) is 3. The molecule has 1 heterocycles. The average molecular weight is 270 g/mol. The van der Waals surface area contributed by atoms with Gasteiger partial charge >= 0.3 is 0 Å². The van der Waals surface area contributed by atoms with E-state index in [-0.39, 0.29) is 6.04 Å². The molecule has 1 unspecified atom stereocenters.